The Kier molecular flexibility index (Phi) is 4.08. The molecule has 3 rings (SSSR count). The molecular formula is C15H20ClFN4O2. The number of anilines is 1. The Morgan fingerprint density at radius 2 is 1.91 bits per heavy atom. The molecule has 1 aromatic heterocycles. The van der Waals surface area contributed by atoms with E-state index in [1.807, 2.05) is 25.7 Å². The fraction of sp³-hybridized carbons (Fsp3) is 0.667. The molecule has 2 saturated heterocycles. The molecular weight excluding hydrogens is 323 g/mol. The van der Waals surface area contributed by atoms with E-state index in [0.717, 1.165) is 6.20 Å². The van der Waals surface area contributed by atoms with Crippen LogP contribution in [0.15, 0.2) is 6.20 Å². The number of amides is 1. The molecule has 0 unspecified atom stereocenters. The van der Waals surface area contributed by atoms with Crippen molar-refractivity contribution in [3.63, 3.8) is 0 Å². The van der Waals surface area contributed by atoms with Gasteiger partial charge in [0.15, 0.2) is 11.6 Å². The number of fused-ring (bicyclic) bond motifs is 1. The molecule has 1 aromatic rings. The third-order valence-corrected chi connectivity index (χ3v) is 4.32. The Morgan fingerprint density at radius 3 is 2.48 bits per heavy atom. The maximum atomic E-state index is 13.9. The first kappa shape index (κ1) is 16.2. The van der Waals surface area contributed by atoms with E-state index in [1.54, 1.807) is 4.90 Å². The molecule has 0 aliphatic carbocycles. The molecule has 1 amide bonds. The van der Waals surface area contributed by atoms with E-state index in [9.17, 15) is 9.18 Å². The number of hydrogen-bond donors (Lipinski definition) is 0. The highest BCUT2D eigenvalue weighted by atomic mass is 35.5. The van der Waals surface area contributed by atoms with Crippen molar-refractivity contribution in [2.45, 2.75) is 26.4 Å². The first-order chi connectivity index (χ1) is 10.7. The van der Waals surface area contributed by atoms with Gasteiger partial charge in [-0.05, 0) is 32.4 Å². The smallest absolute Gasteiger partial charge is 0.410 e. The third-order valence-electron chi connectivity index (χ3n) is 4.13. The van der Waals surface area contributed by atoms with Crippen LogP contribution in [0, 0.1) is 17.7 Å². The minimum Gasteiger partial charge on any atom is -0.444 e. The van der Waals surface area contributed by atoms with E-state index in [4.69, 9.17) is 16.3 Å². The molecule has 8 heteroatoms. The van der Waals surface area contributed by atoms with Gasteiger partial charge in [-0.3, -0.25) is 0 Å². The highest BCUT2D eigenvalue weighted by molar-refractivity contribution is 6.28. The topological polar surface area (TPSA) is 58.6 Å². The monoisotopic (exact) mass is 342 g/mol. The van der Waals surface area contributed by atoms with Gasteiger partial charge in [0, 0.05) is 38.0 Å². The maximum Gasteiger partial charge on any atom is 0.410 e. The lowest BCUT2D eigenvalue weighted by molar-refractivity contribution is 0.0282. The summed E-state index contributed by atoms with van der Waals surface area (Å²) in [5.74, 6) is 0.341. The Morgan fingerprint density at radius 1 is 1.30 bits per heavy atom. The van der Waals surface area contributed by atoms with Gasteiger partial charge in [-0.1, -0.05) is 0 Å². The van der Waals surface area contributed by atoms with Crippen molar-refractivity contribution in [2.24, 2.45) is 11.8 Å². The Balaban J connectivity index is 1.63. The molecule has 2 atom stereocenters. The minimum absolute atomic E-state index is 0.0360. The fourth-order valence-electron chi connectivity index (χ4n) is 3.20. The van der Waals surface area contributed by atoms with Gasteiger partial charge < -0.3 is 14.5 Å². The average molecular weight is 343 g/mol. The number of carbonyl (C=O) groups excluding carboxylic acids is 1. The van der Waals surface area contributed by atoms with Gasteiger partial charge in [-0.2, -0.15) is 4.98 Å². The van der Waals surface area contributed by atoms with Crippen LogP contribution < -0.4 is 4.90 Å². The van der Waals surface area contributed by atoms with Crippen molar-refractivity contribution in [3.05, 3.63) is 17.3 Å². The molecule has 0 aromatic carbocycles. The molecule has 0 radical (unpaired) electrons. The summed E-state index contributed by atoms with van der Waals surface area (Å²) in [7, 11) is 0. The summed E-state index contributed by atoms with van der Waals surface area (Å²) in [4.78, 5) is 23.4. The zero-order chi connectivity index (χ0) is 16.8. The Hall–Kier alpha value is -1.63. The van der Waals surface area contributed by atoms with E-state index >= 15 is 0 Å². The predicted octanol–water partition coefficient (Wildman–Crippen LogP) is 2.57. The molecule has 2 aliphatic heterocycles. The largest absolute Gasteiger partial charge is 0.444 e. The van der Waals surface area contributed by atoms with E-state index in [0.29, 0.717) is 26.2 Å². The first-order valence-corrected chi connectivity index (χ1v) is 8.01. The molecule has 0 bridgehead atoms. The number of rotatable bonds is 1. The summed E-state index contributed by atoms with van der Waals surface area (Å²) >= 11 is 5.76. The van der Waals surface area contributed by atoms with Crippen LogP contribution in [-0.2, 0) is 4.74 Å². The number of hydrogen-bond acceptors (Lipinski definition) is 5. The Labute approximate surface area is 139 Å². The van der Waals surface area contributed by atoms with Crippen molar-refractivity contribution >= 4 is 23.5 Å². The van der Waals surface area contributed by atoms with E-state index < -0.39 is 11.4 Å². The number of likely N-dealkylation sites (tertiary alicyclic amines) is 1. The van der Waals surface area contributed by atoms with Crippen molar-refractivity contribution in [3.8, 4) is 0 Å². The second-order valence-electron chi connectivity index (χ2n) is 7.12. The normalized spacial score (nSPS) is 24.0. The van der Waals surface area contributed by atoms with E-state index in [-0.39, 0.29) is 29.0 Å². The van der Waals surface area contributed by atoms with Crippen LogP contribution in [0.2, 0.25) is 5.28 Å². The molecule has 2 aliphatic rings. The minimum atomic E-state index is -0.498. The molecule has 126 valence electrons. The van der Waals surface area contributed by atoms with Crippen molar-refractivity contribution in [2.75, 3.05) is 31.1 Å². The summed E-state index contributed by atoms with van der Waals surface area (Å²) in [6.07, 6.45) is 0.806. The van der Waals surface area contributed by atoms with Crippen molar-refractivity contribution in [1.82, 2.24) is 14.9 Å². The van der Waals surface area contributed by atoms with Gasteiger partial charge >= 0.3 is 6.09 Å². The van der Waals surface area contributed by atoms with E-state index in [2.05, 4.69) is 9.97 Å². The highest BCUT2D eigenvalue weighted by Gasteiger charge is 2.43. The number of ether oxygens (including phenoxy) is 1. The van der Waals surface area contributed by atoms with Crippen LogP contribution in [-0.4, -0.2) is 52.7 Å². The third kappa shape index (κ3) is 3.49. The fourth-order valence-corrected chi connectivity index (χ4v) is 3.33. The van der Waals surface area contributed by atoms with Crippen LogP contribution in [0.3, 0.4) is 0 Å². The zero-order valence-electron chi connectivity index (χ0n) is 13.4. The SMILES string of the molecule is CC(C)(C)OC(=O)N1C[C@@H]2CN(c3nc(Cl)ncc3F)C[C@@H]2C1. The lowest BCUT2D eigenvalue weighted by Crippen LogP contribution is -2.37. The lowest BCUT2D eigenvalue weighted by Gasteiger charge is -2.26. The number of halogens is 2. The summed E-state index contributed by atoms with van der Waals surface area (Å²) < 4.78 is 19.3. The second kappa shape index (κ2) is 5.78. The average Bonchev–Trinajstić information content (AvgIpc) is 2.97. The van der Waals surface area contributed by atoms with Crippen LogP contribution in [0.25, 0.3) is 0 Å². The standard InChI is InChI=1S/C15H20ClFN4O2/c1-15(2,3)23-14(22)21-7-9-5-20(6-10(9)8-21)12-11(17)4-18-13(16)19-12/h4,9-10H,5-8H2,1-3H3/t9-,10+. The molecule has 6 nitrogen and oxygen atoms in total. The Bertz CT molecular complexity index is 608. The van der Waals surface area contributed by atoms with Crippen molar-refractivity contribution in [1.29, 1.82) is 0 Å². The molecule has 0 spiro atoms. The summed E-state index contributed by atoms with van der Waals surface area (Å²) in [5.41, 5.74) is -0.498. The molecule has 3 heterocycles. The molecule has 0 saturated carbocycles. The van der Waals surface area contributed by atoms with Crippen molar-refractivity contribution < 1.29 is 13.9 Å². The molecule has 23 heavy (non-hydrogen) atoms. The lowest BCUT2D eigenvalue weighted by atomic mass is 10.0. The number of aromatic nitrogens is 2. The van der Waals surface area contributed by atoms with Gasteiger partial charge in [-0.15, -0.1) is 0 Å². The summed E-state index contributed by atoms with van der Waals surface area (Å²) in [6.45, 7) is 8.09. The molecule has 2 fully saturated rings. The quantitative estimate of drug-likeness (QED) is 0.734. The van der Waals surface area contributed by atoms with E-state index in [1.165, 1.54) is 0 Å². The van der Waals surface area contributed by atoms with Crippen LogP contribution >= 0.6 is 11.6 Å². The number of carbonyl (C=O) groups is 1. The number of nitrogens with zero attached hydrogens (tertiary/aromatic N) is 4. The molecule has 0 N–H and O–H groups in total. The first-order valence-electron chi connectivity index (χ1n) is 7.64. The summed E-state index contributed by atoms with van der Waals surface area (Å²) in [6, 6.07) is 0. The highest BCUT2D eigenvalue weighted by Crippen LogP contribution is 2.34. The predicted molar refractivity (Wildman–Crippen MR) is 84.0 cm³/mol. The van der Waals surface area contributed by atoms with Gasteiger partial charge in [0.05, 0.1) is 6.20 Å². The van der Waals surface area contributed by atoms with Gasteiger partial charge in [0.1, 0.15) is 5.60 Å². The summed E-state index contributed by atoms with van der Waals surface area (Å²) in [5, 5.41) is 0.0360. The van der Waals surface area contributed by atoms with Gasteiger partial charge in [-0.25, -0.2) is 14.2 Å². The van der Waals surface area contributed by atoms with Crippen LogP contribution in [0.4, 0.5) is 15.0 Å². The maximum absolute atomic E-state index is 13.9. The zero-order valence-corrected chi connectivity index (χ0v) is 14.2. The van der Waals surface area contributed by atoms with Crippen LogP contribution in [0.5, 0.6) is 0 Å². The van der Waals surface area contributed by atoms with Gasteiger partial charge in [0.2, 0.25) is 5.28 Å². The van der Waals surface area contributed by atoms with Gasteiger partial charge in [0.25, 0.3) is 0 Å². The van der Waals surface area contributed by atoms with Crippen LogP contribution in [0.1, 0.15) is 20.8 Å². The second-order valence-corrected chi connectivity index (χ2v) is 7.46.